The van der Waals surface area contributed by atoms with Gasteiger partial charge in [-0.1, -0.05) is 18.2 Å². The van der Waals surface area contributed by atoms with Crippen LogP contribution >= 0.6 is 0 Å². The summed E-state index contributed by atoms with van der Waals surface area (Å²) in [6, 6.07) is 7.30. The standard InChI is InChI=1S/C15H21NO3/c1-11-10-19-12(2)9-16(11)15(18)8-7-13-5-3-4-6-14(13)17/h3-6,11-12,17H,7-10H2,1-2H3. The molecule has 4 nitrogen and oxygen atoms in total. The van der Waals surface area contributed by atoms with E-state index in [0.717, 1.165) is 5.56 Å². The molecule has 0 aromatic heterocycles. The Bertz CT molecular complexity index is 447. The fourth-order valence-electron chi connectivity index (χ4n) is 2.36. The van der Waals surface area contributed by atoms with Gasteiger partial charge in [0.05, 0.1) is 18.8 Å². The number of rotatable bonds is 3. The summed E-state index contributed by atoms with van der Waals surface area (Å²) in [6.07, 6.45) is 1.10. The van der Waals surface area contributed by atoms with Crippen molar-refractivity contribution in [3.05, 3.63) is 29.8 Å². The van der Waals surface area contributed by atoms with Gasteiger partial charge in [0.2, 0.25) is 5.91 Å². The molecule has 1 aromatic carbocycles. The number of amides is 1. The van der Waals surface area contributed by atoms with Crippen LogP contribution in [0.2, 0.25) is 0 Å². The SMILES string of the molecule is CC1CN(C(=O)CCc2ccccc2O)C(C)CO1. The van der Waals surface area contributed by atoms with E-state index in [4.69, 9.17) is 4.74 Å². The van der Waals surface area contributed by atoms with Crippen LogP contribution in [-0.4, -0.2) is 41.2 Å². The van der Waals surface area contributed by atoms with Crippen molar-refractivity contribution in [2.24, 2.45) is 0 Å². The molecule has 1 aliphatic heterocycles. The Kier molecular flexibility index (Phi) is 4.43. The van der Waals surface area contributed by atoms with E-state index in [-0.39, 0.29) is 23.8 Å². The van der Waals surface area contributed by atoms with Crippen molar-refractivity contribution < 1.29 is 14.6 Å². The van der Waals surface area contributed by atoms with Crippen LogP contribution in [0, 0.1) is 0 Å². The summed E-state index contributed by atoms with van der Waals surface area (Å²) in [6.45, 7) is 5.24. The van der Waals surface area contributed by atoms with Crippen LogP contribution in [-0.2, 0) is 16.0 Å². The molecule has 1 aliphatic rings. The highest BCUT2D eigenvalue weighted by Crippen LogP contribution is 2.19. The van der Waals surface area contributed by atoms with Gasteiger partial charge in [-0.05, 0) is 31.9 Å². The summed E-state index contributed by atoms with van der Waals surface area (Å²) in [7, 11) is 0. The number of hydrogen-bond acceptors (Lipinski definition) is 3. The number of benzene rings is 1. The van der Waals surface area contributed by atoms with E-state index in [0.29, 0.717) is 26.0 Å². The molecule has 0 bridgehead atoms. The zero-order chi connectivity index (χ0) is 13.8. The average Bonchev–Trinajstić information content (AvgIpc) is 2.40. The first kappa shape index (κ1) is 13.9. The molecule has 4 heteroatoms. The Labute approximate surface area is 114 Å². The molecule has 1 saturated heterocycles. The third-order valence-electron chi connectivity index (χ3n) is 3.53. The minimum atomic E-state index is 0.102. The number of morpholine rings is 1. The molecule has 104 valence electrons. The summed E-state index contributed by atoms with van der Waals surface area (Å²) in [4.78, 5) is 14.1. The van der Waals surface area contributed by atoms with Crippen molar-refractivity contribution in [3.63, 3.8) is 0 Å². The van der Waals surface area contributed by atoms with Crippen LogP contribution in [0.1, 0.15) is 25.8 Å². The second kappa shape index (κ2) is 6.06. The van der Waals surface area contributed by atoms with E-state index >= 15 is 0 Å². The highest BCUT2D eigenvalue weighted by Gasteiger charge is 2.27. The number of carbonyl (C=O) groups excluding carboxylic acids is 1. The molecule has 0 spiro atoms. The summed E-state index contributed by atoms with van der Waals surface area (Å²) in [5.74, 6) is 0.393. The summed E-state index contributed by atoms with van der Waals surface area (Å²) in [5.41, 5.74) is 0.824. The van der Waals surface area contributed by atoms with E-state index < -0.39 is 0 Å². The molecule has 1 heterocycles. The Hall–Kier alpha value is -1.55. The van der Waals surface area contributed by atoms with Gasteiger partial charge in [-0.15, -0.1) is 0 Å². The molecule has 1 aromatic rings. The molecule has 2 unspecified atom stereocenters. The Balaban J connectivity index is 1.92. The van der Waals surface area contributed by atoms with E-state index in [9.17, 15) is 9.90 Å². The lowest BCUT2D eigenvalue weighted by molar-refractivity contribution is -0.143. The topological polar surface area (TPSA) is 49.8 Å². The van der Waals surface area contributed by atoms with E-state index in [1.807, 2.05) is 30.9 Å². The van der Waals surface area contributed by atoms with Crippen molar-refractivity contribution in [1.82, 2.24) is 4.90 Å². The van der Waals surface area contributed by atoms with Gasteiger partial charge >= 0.3 is 0 Å². The number of ether oxygens (including phenoxy) is 1. The number of para-hydroxylation sites is 1. The third kappa shape index (κ3) is 3.47. The van der Waals surface area contributed by atoms with Gasteiger partial charge < -0.3 is 14.7 Å². The van der Waals surface area contributed by atoms with Gasteiger partial charge in [0.1, 0.15) is 5.75 Å². The summed E-state index contributed by atoms with van der Waals surface area (Å²) in [5, 5.41) is 9.68. The fourth-order valence-corrected chi connectivity index (χ4v) is 2.36. The molecule has 0 saturated carbocycles. The first-order chi connectivity index (χ1) is 9.08. The normalized spacial score (nSPS) is 23.4. The number of carbonyl (C=O) groups is 1. The lowest BCUT2D eigenvalue weighted by Crippen LogP contribution is -2.50. The van der Waals surface area contributed by atoms with Crippen LogP contribution in [0.3, 0.4) is 0 Å². The number of phenolic OH excluding ortho intramolecular Hbond substituents is 1. The van der Waals surface area contributed by atoms with Crippen LogP contribution in [0.15, 0.2) is 24.3 Å². The highest BCUT2D eigenvalue weighted by atomic mass is 16.5. The molecule has 1 N–H and O–H groups in total. The van der Waals surface area contributed by atoms with Crippen molar-refractivity contribution in [2.45, 2.75) is 38.8 Å². The smallest absolute Gasteiger partial charge is 0.223 e. The Morgan fingerprint density at radius 1 is 1.42 bits per heavy atom. The molecule has 1 fully saturated rings. The van der Waals surface area contributed by atoms with Crippen LogP contribution in [0.5, 0.6) is 5.75 Å². The lowest BCUT2D eigenvalue weighted by Gasteiger charge is -2.37. The molecule has 0 radical (unpaired) electrons. The van der Waals surface area contributed by atoms with E-state index in [2.05, 4.69) is 0 Å². The van der Waals surface area contributed by atoms with Crippen molar-refractivity contribution in [1.29, 1.82) is 0 Å². The maximum atomic E-state index is 12.2. The molecular formula is C15H21NO3. The van der Waals surface area contributed by atoms with Crippen LogP contribution in [0.4, 0.5) is 0 Å². The number of hydrogen-bond donors (Lipinski definition) is 1. The minimum absolute atomic E-state index is 0.102. The maximum absolute atomic E-state index is 12.2. The minimum Gasteiger partial charge on any atom is -0.508 e. The largest absolute Gasteiger partial charge is 0.508 e. The van der Waals surface area contributed by atoms with Crippen molar-refractivity contribution in [3.8, 4) is 5.75 Å². The molecule has 0 aliphatic carbocycles. The number of nitrogens with zero attached hydrogens (tertiary/aromatic N) is 1. The summed E-state index contributed by atoms with van der Waals surface area (Å²) >= 11 is 0. The number of aromatic hydroxyl groups is 1. The van der Waals surface area contributed by atoms with Gasteiger partial charge in [-0.2, -0.15) is 0 Å². The maximum Gasteiger partial charge on any atom is 0.223 e. The monoisotopic (exact) mass is 263 g/mol. The van der Waals surface area contributed by atoms with Gasteiger partial charge in [-0.3, -0.25) is 4.79 Å². The fraction of sp³-hybridized carbons (Fsp3) is 0.533. The van der Waals surface area contributed by atoms with Gasteiger partial charge in [0.15, 0.2) is 0 Å². The first-order valence-electron chi connectivity index (χ1n) is 6.76. The van der Waals surface area contributed by atoms with E-state index in [1.54, 1.807) is 12.1 Å². The van der Waals surface area contributed by atoms with Crippen LogP contribution < -0.4 is 0 Å². The molecule has 19 heavy (non-hydrogen) atoms. The second-order valence-corrected chi connectivity index (χ2v) is 5.17. The van der Waals surface area contributed by atoms with Gasteiger partial charge in [0, 0.05) is 13.0 Å². The lowest BCUT2D eigenvalue weighted by atomic mass is 10.1. The molecular weight excluding hydrogens is 242 g/mol. The summed E-state index contributed by atoms with van der Waals surface area (Å²) < 4.78 is 5.52. The van der Waals surface area contributed by atoms with Gasteiger partial charge in [-0.25, -0.2) is 0 Å². The molecule has 1 amide bonds. The second-order valence-electron chi connectivity index (χ2n) is 5.17. The zero-order valence-electron chi connectivity index (χ0n) is 11.5. The number of phenols is 1. The van der Waals surface area contributed by atoms with Crippen molar-refractivity contribution >= 4 is 5.91 Å². The Morgan fingerprint density at radius 2 is 2.16 bits per heavy atom. The Morgan fingerprint density at radius 3 is 2.89 bits per heavy atom. The van der Waals surface area contributed by atoms with E-state index in [1.165, 1.54) is 0 Å². The predicted octanol–water partition coefficient (Wildman–Crippen LogP) is 1.96. The molecule has 2 atom stereocenters. The predicted molar refractivity (Wildman–Crippen MR) is 73.0 cm³/mol. The van der Waals surface area contributed by atoms with Gasteiger partial charge in [0.25, 0.3) is 0 Å². The van der Waals surface area contributed by atoms with Crippen molar-refractivity contribution in [2.75, 3.05) is 13.2 Å². The average molecular weight is 263 g/mol. The zero-order valence-corrected chi connectivity index (χ0v) is 11.5. The third-order valence-corrected chi connectivity index (χ3v) is 3.53. The molecule has 2 rings (SSSR count). The quantitative estimate of drug-likeness (QED) is 0.907. The first-order valence-corrected chi connectivity index (χ1v) is 6.76. The highest BCUT2D eigenvalue weighted by molar-refractivity contribution is 5.77. The van der Waals surface area contributed by atoms with Crippen LogP contribution in [0.25, 0.3) is 0 Å². The number of aryl methyl sites for hydroxylation is 1.